The van der Waals surface area contributed by atoms with Gasteiger partial charge in [-0.05, 0) is 56.3 Å². The first kappa shape index (κ1) is 33.2. The van der Waals surface area contributed by atoms with E-state index in [0.717, 1.165) is 11.1 Å². The standard InChI is InChI=1S/C33H42N6O6/c1-20(2)27(36-33(44)37-29(40)21(3)38(4)5)32(43)39-18-16-26-28(39)31(42)35-25(19-23-9-7-6-8-10-23)30(41)34-17-15-22-11-13-24(45-26)14-12-22/h6-15,17,20-21,25-28H,16,18-19H2,1-5H3,(H,34,41)(H,35,42)(H2,36,37,40,44)/b17-15-/t21-,25+,26+,27+,28+/m1/s1. The van der Waals surface area contributed by atoms with Crippen molar-refractivity contribution < 1.29 is 28.7 Å². The number of rotatable bonds is 7. The van der Waals surface area contributed by atoms with Crippen molar-refractivity contribution in [2.24, 2.45) is 5.92 Å². The van der Waals surface area contributed by atoms with Gasteiger partial charge in [-0.2, -0.15) is 0 Å². The second-order valence-electron chi connectivity index (χ2n) is 11.9. The van der Waals surface area contributed by atoms with Crippen molar-refractivity contribution in [2.45, 2.75) is 63.9 Å². The van der Waals surface area contributed by atoms with Gasteiger partial charge >= 0.3 is 6.03 Å². The Morgan fingerprint density at radius 2 is 1.69 bits per heavy atom. The molecule has 6 amide bonds. The number of carbonyl (C=O) groups excluding carboxylic acids is 5. The lowest BCUT2D eigenvalue weighted by Gasteiger charge is -2.33. The van der Waals surface area contributed by atoms with Crippen LogP contribution in [0, 0.1) is 5.92 Å². The highest BCUT2D eigenvalue weighted by Gasteiger charge is 2.46. The van der Waals surface area contributed by atoms with Crippen molar-refractivity contribution in [1.82, 2.24) is 31.1 Å². The Hall–Kier alpha value is -4.71. The summed E-state index contributed by atoms with van der Waals surface area (Å²) in [4.78, 5) is 69.7. The van der Waals surface area contributed by atoms with Gasteiger partial charge in [0.2, 0.25) is 23.6 Å². The van der Waals surface area contributed by atoms with Crippen molar-refractivity contribution in [2.75, 3.05) is 20.6 Å². The Labute approximate surface area is 263 Å². The molecule has 45 heavy (non-hydrogen) atoms. The van der Waals surface area contributed by atoms with E-state index in [1.165, 1.54) is 11.1 Å². The zero-order valence-electron chi connectivity index (χ0n) is 26.3. The summed E-state index contributed by atoms with van der Waals surface area (Å²) in [6.45, 7) is 5.36. The Morgan fingerprint density at radius 1 is 1.00 bits per heavy atom. The Bertz CT molecular complexity index is 1410. The predicted octanol–water partition coefficient (Wildman–Crippen LogP) is 1.66. The van der Waals surface area contributed by atoms with Gasteiger partial charge in [-0.15, -0.1) is 0 Å². The fraction of sp³-hybridized carbons (Fsp3) is 0.424. The number of carbonyl (C=O) groups is 5. The Morgan fingerprint density at radius 3 is 2.33 bits per heavy atom. The average Bonchev–Trinajstić information content (AvgIpc) is 3.43. The molecule has 12 heteroatoms. The normalized spacial score (nSPS) is 21.9. The molecule has 0 aromatic heterocycles. The quantitative estimate of drug-likeness (QED) is 0.369. The first-order valence-electron chi connectivity index (χ1n) is 15.1. The van der Waals surface area contributed by atoms with E-state index in [1.807, 2.05) is 42.5 Å². The van der Waals surface area contributed by atoms with Crippen LogP contribution < -0.4 is 26.0 Å². The molecule has 3 aliphatic heterocycles. The van der Waals surface area contributed by atoms with Crippen molar-refractivity contribution in [1.29, 1.82) is 0 Å². The molecule has 5 atom stereocenters. The highest BCUT2D eigenvalue weighted by Crippen LogP contribution is 2.27. The fourth-order valence-corrected chi connectivity index (χ4v) is 5.23. The summed E-state index contributed by atoms with van der Waals surface area (Å²) in [7, 11) is 3.43. The molecule has 0 aliphatic carbocycles. The highest BCUT2D eigenvalue weighted by atomic mass is 16.5. The lowest BCUT2D eigenvalue weighted by Crippen LogP contribution is -2.61. The van der Waals surface area contributed by atoms with Crippen molar-refractivity contribution in [3.05, 3.63) is 71.9 Å². The third-order valence-electron chi connectivity index (χ3n) is 8.09. The zero-order chi connectivity index (χ0) is 32.7. The van der Waals surface area contributed by atoms with Gasteiger partial charge in [-0.1, -0.05) is 56.3 Å². The summed E-state index contributed by atoms with van der Waals surface area (Å²) in [6, 6.07) is 12.0. The van der Waals surface area contributed by atoms with Crippen LogP contribution in [0.15, 0.2) is 60.8 Å². The summed E-state index contributed by atoms with van der Waals surface area (Å²) >= 11 is 0. The monoisotopic (exact) mass is 618 g/mol. The first-order chi connectivity index (χ1) is 21.4. The van der Waals surface area contributed by atoms with Crippen LogP contribution >= 0.6 is 0 Å². The topological polar surface area (TPSA) is 149 Å². The maximum absolute atomic E-state index is 14.1. The summed E-state index contributed by atoms with van der Waals surface area (Å²) in [6.07, 6.45) is 3.12. The number of likely N-dealkylation sites (N-methyl/N-ethyl adjacent to an activating group) is 1. The Balaban J connectivity index is 1.62. The van der Waals surface area contributed by atoms with Crippen LogP contribution in [-0.4, -0.2) is 90.4 Å². The SMILES string of the molecule is CC(C)[C@H](NC(=O)NC(=O)[C@@H](C)N(C)C)C(=O)N1CC[C@@H]2Oc3ccc(cc3)/C=C\NC(=O)[C@H](Cc3ccccc3)NC(=O)[C@H]21. The molecule has 1 saturated heterocycles. The van der Waals surface area contributed by atoms with E-state index in [0.29, 0.717) is 12.2 Å². The first-order valence-corrected chi connectivity index (χ1v) is 15.1. The molecular formula is C33H42N6O6. The second-order valence-corrected chi connectivity index (χ2v) is 11.9. The number of benzene rings is 2. The van der Waals surface area contributed by atoms with E-state index in [1.54, 1.807) is 58.0 Å². The summed E-state index contributed by atoms with van der Waals surface area (Å²) in [5.41, 5.74) is 1.68. The molecule has 1 fully saturated rings. The lowest BCUT2D eigenvalue weighted by molar-refractivity contribution is -0.143. The lowest BCUT2D eigenvalue weighted by atomic mass is 10.0. The van der Waals surface area contributed by atoms with Gasteiger partial charge in [0.15, 0.2) is 0 Å². The van der Waals surface area contributed by atoms with Gasteiger partial charge in [-0.3, -0.25) is 29.4 Å². The molecular weight excluding hydrogens is 576 g/mol. The van der Waals surface area contributed by atoms with Crippen LogP contribution in [0.5, 0.6) is 5.75 Å². The smallest absolute Gasteiger partial charge is 0.322 e. The third kappa shape index (κ3) is 8.48. The van der Waals surface area contributed by atoms with Crippen molar-refractivity contribution in [3.63, 3.8) is 0 Å². The van der Waals surface area contributed by atoms with Crippen LogP contribution in [0.4, 0.5) is 4.79 Å². The van der Waals surface area contributed by atoms with Crippen LogP contribution in [0.25, 0.3) is 6.08 Å². The second kappa shape index (κ2) is 14.8. The van der Waals surface area contributed by atoms with Crippen molar-refractivity contribution in [3.8, 4) is 5.75 Å². The van der Waals surface area contributed by atoms with Crippen LogP contribution in [-0.2, 0) is 25.6 Å². The maximum Gasteiger partial charge on any atom is 0.322 e. The van der Waals surface area contributed by atoms with Gasteiger partial charge in [0, 0.05) is 25.6 Å². The van der Waals surface area contributed by atoms with Crippen LogP contribution in [0.2, 0.25) is 0 Å². The summed E-state index contributed by atoms with van der Waals surface area (Å²) < 4.78 is 6.26. The molecule has 5 rings (SSSR count). The van der Waals surface area contributed by atoms with Gasteiger partial charge in [0.25, 0.3) is 0 Å². The van der Waals surface area contributed by atoms with Crippen molar-refractivity contribution >= 4 is 35.7 Å². The molecule has 3 heterocycles. The average molecular weight is 619 g/mol. The minimum atomic E-state index is -1.09. The molecule has 4 N–H and O–H groups in total. The van der Waals surface area contributed by atoms with E-state index in [9.17, 15) is 24.0 Å². The predicted molar refractivity (Wildman–Crippen MR) is 169 cm³/mol. The Kier molecular flexibility index (Phi) is 10.9. The molecule has 240 valence electrons. The molecule has 3 aliphatic rings. The number of hydrogen-bond donors (Lipinski definition) is 4. The summed E-state index contributed by atoms with van der Waals surface area (Å²) in [5, 5.41) is 10.6. The minimum absolute atomic E-state index is 0.180. The number of nitrogens with zero attached hydrogens (tertiary/aromatic N) is 2. The molecule has 0 spiro atoms. The van der Waals surface area contributed by atoms with Gasteiger partial charge in [-0.25, -0.2) is 4.79 Å². The van der Waals surface area contributed by atoms with Crippen LogP contribution in [0.1, 0.15) is 38.3 Å². The molecule has 2 aromatic carbocycles. The highest BCUT2D eigenvalue weighted by molar-refractivity contribution is 5.99. The molecule has 0 radical (unpaired) electrons. The van der Waals surface area contributed by atoms with E-state index < -0.39 is 59.9 Å². The van der Waals surface area contributed by atoms with E-state index in [2.05, 4.69) is 21.3 Å². The van der Waals surface area contributed by atoms with Crippen LogP contribution in [0.3, 0.4) is 0 Å². The van der Waals surface area contributed by atoms with Gasteiger partial charge in [0.05, 0.1) is 6.04 Å². The fourth-order valence-electron chi connectivity index (χ4n) is 5.23. The van der Waals surface area contributed by atoms with Gasteiger partial charge in [0.1, 0.15) is 30.0 Å². The largest absolute Gasteiger partial charge is 0.488 e. The van der Waals surface area contributed by atoms with E-state index in [-0.39, 0.29) is 18.9 Å². The third-order valence-corrected chi connectivity index (χ3v) is 8.09. The number of imide groups is 1. The van der Waals surface area contributed by atoms with E-state index in [4.69, 9.17) is 4.74 Å². The molecule has 12 nitrogen and oxygen atoms in total. The number of hydrogen-bond acceptors (Lipinski definition) is 7. The van der Waals surface area contributed by atoms with E-state index >= 15 is 0 Å². The molecule has 2 aromatic rings. The number of urea groups is 1. The number of likely N-dealkylation sites (tertiary alicyclic amines) is 1. The molecule has 2 bridgehead atoms. The summed E-state index contributed by atoms with van der Waals surface area (Å²) in [5.74, 6) is -1.83. The minimum Gasteiger partial charge on any atom is -0.488 e. The number of ether oxygens (including phenoxy) is 1. The maximum atomic E-state index is 14.1. The molecule has 0 unspecified atom stereocenters. The number of nitrogens with one attached hydrogen (secondary N) is 4. The number of fused-ring (bicyclic) bond motifs is 7. The zero-order valence-corrected chi connectivity index (χ0v) is 26.3. The molecule has 0 saturated carbocycles. The van der Waals surface area contributed by atoms with Gasteiger partial charge < -0.3 is 25.6 Å². The number of amides is 6.